The van der Waals surface area contributed by atoms with Crippen molar-refractivity contribution in [2.45, 2.75) is 25.9 Å². The number of benzene rings is 1. The molecular formula is C12H14N2O2. The molecule has 16 heavy (non-hydrogen) atoms. The number of imide groups is 1. The monoisotopic (exact) mass is 218 g/mol. The van der Waals surface area contributed by atoms with E-state index in [1.165, 1.54) is 4.90 Å². The van der Waals surface area contributed by atoms with E-state index >= 15 is 0 Å². The molecule has 1 unspecified atom stereocenters. The molecule has 1 aromatic rings. The Balaban J connectivity index is 2.11. The molecule has 1 saturated heterocycles. The molecule has 4 nitrogen and oxygen atoms in total. The summed E-state index contributed by atoms with van der Waals surface area (Å²) in [6.07, 6.45) is 0.635. The minimum atomic E-state index is -0.351. The Morgan fingerprint density at radius 3 is 2.50 bits per heavy atom. The van der Waals surface area contributed by atoms with E-state index in [1.807, 2.05) is 37.3 Å². The van der Waals surface area contributed by atoms with Crippen molar-refractivity contribution >= 4 is 11.9 Å². The topological polar surface area (TPSA) is 49.4 Å². The van der Waals surface area contributed by atoms with Gasteiger partial charge < -0.3 is 5.32 Å². The SMILES string of the molecule is CCC1NC(=O)N(Cc2ccccc2)C1=O. The average Bonchev–Trinajstić information content (AvgIpc) is 2.58. The molecule has 1 atom stereocenters. The fraction of sp³-hybridized carbons (Fsp3) is 0.333. The molecule has 1 aliphatic rings. The average molecular weight is 218 g/mol. The second-order valence-corrected chi connectivity index (χ2v) is 3.82. The first kappa shape index (κ1) is 10.7. The molecule has 4 heteroatoms. The lowest BCUT2D eigenvalue weighted by Gasteiger charge is -2.12. The smallest absolute Gasteiger partial charge is 0.325 e. The summed E-state index contributed by atoms with van der Waals surface area (Å²) in [5, 5.41) is 2.66. The Morgan fingerprint density at radius 2 is 1.94 bits per heavy atom. The van der Waals surface area contributed by atoms with Crippen LogP contribution in [-0.4, -0.2) is 22.9 Å². The molecule has 0 aromatic heterocycles. The third-order valence-electron chi connectivity index (χ3n) is 2.70. The normalized spacial score (nSPS) is 20.1. The summed E-state index contributed by atoms with van der Waals surface area (Å²) in [5.41, 5.74) is 0.961. The zero-order valence-electron chi connectivity index (χ0n) is 9.14. The van der Waals surface area contributed by atoms with Crippen LogP contribution < -0.4 is 5.32 Å². The lowest BCUT2D eigenvalue weighted by Crippen LogP contribution is -2.30. The number of carbonyl (C=O) groups excluding carboxylic acids is 2. The van der Waals surface area contributed by atoms with E-state index in [0.29, 0.717) is 13.0 Å². The third-order valence-corrected chi connectivity index (χ3v) is 2.70. The number of nitrogens with one attached hydrogen (secondary N) is 1. The van der Waals surface area contributed by atoms with Crippen LogP contribution in [0.3, 0.4) is 0 Å². The van der Waals surface area contributed by atoms with Gasteiger partial charge in [-0.15, -0.1) is 0 Å². The Hall–Kier alpha value is -1.84. The largest absolute Gasteiger partial charge is 0.326 e. The van der Waals surface area contributed by atoms with Gasteiger partial charge >= 0.3 is 6.03 Å². The number of hydrogen-bond donors (Lipinski definition) is 1. The van der Waals surface area contributed by atoms with Gasteiger partial charge in [0.15, 0.2) is 0 Å². The molecule has 0 bridgehead atoms. The van der Waals surface area contributed by atoms with E-state index in [0.717, 1.165) is 5.56 Å². The highest BCUT2D eigenvalue weighted by molar-refractivity contribution is 6.04. The maximum absolute atomic E-state index is 11.8. The summed E-state index contributed by atoms with van der Waals surface area (Å²) in [6, 6.07) is 8.86. The molecule has 1 N–H and O–H groups in total. The molecular weight excluding hydrogens is 204 g/mol. The Kier molecular flexibility index (Phi) is 2.90. The lowest BCUT2D eigenvalue weighted by atomic mass is 10.2. The van der Waals surface area contributed by atoms with E-state index in [-0.39, 0.29) is 18.0 Å². The molecule has 0 aliphatic carbocycles. The fourth-order valence-electron chi connectivity index (χ4n) is 1.77. The fourth-order valence-corrected chi connectivity index (χ4v) is 1.77. The van der Waals surface area contributed by atoms with Crippen LogP contribution in [0.1, 0.15) is 18.9 Å². The quantitative estimate of drug-likeness (QED) is 0.782. The van der Waals surface area contributed by atoms with E-state index in [1.54, 1.807) is 0 Å². The molecule has 2 rings (SSSR count). The van der Waals surface area contributed by atoms with Crippen molar-refractivity contribution in [3.63, 3.8) is 0 Å². The van der Waals surface area contributed by atoms with Crippen LogP contribution in [0.2, 0.25) is 0 Å². The summed E-state index contributed by atoms with van der Waals surface area (Å²) in [7, 11) is 0. The van der Waals surface area contributed by atoms with Gasteiger partial charge in [0.05, 0.1) is 6.54 Å². The van der Waals surface area contributed by atoms with Crippen molar-refractivity contribution < 1.29 is 9.59 Å². The number of hydrogen-bond acceptors (Lipinski definition) is 2. The highest BCUT2D eigenvalue weighted by Gasteiger charge is 2.36. The first-order valence-corrected chi connectivity index (χ1v) is 5.38. The van der Waals surface area contributed by atoms with E-state index < -0.39 is 0 Å². The lowest BCUT2D eigenvalue weighted by molar-refractivity contribution is -0.127. The molecule has 0 saturated carbocycles. The van der Waals surface area contributed by atoms with Crippen molar-refractivity contribution in [1.29, 1.82) is 0 Å². The zero-order chi connectivity index (χ0) is 11.5. The van der Waals surface area contributed by atoms with Crippen LogP contribution in [0, 0.1) is 0 Å². The number of nitrogens with zero attached hydrogens (tertiary/aromatic N) is 1. The van der Waals surface area contributed by atoms with E-state index in [4.69, 9.17) is 0 Å². The van der Waals surface area contributed by atoms with Crippen LogP contribution >= 0.6 is 0 Å². The molecule has 0 spiro atoms. The number of carbonyl (C=O) groups is 2. The van der Waals surface area contributed by atoms with Crippen LogP contribution in [0.25, 0.3) is 0 Å². The predicted molar refractivity (Wildman–Crippen MR) is 59.6 cm³/mol. The van der Waals surface area contributed by atoms with Gasteiger partial charge in [-0.3, -0.25) is 9.69 Å². The van der Waals surface area contributed by atoms with Crippen LogP contribution in [0.4, 0.5) is 4.79 Å². The first-order valence-electron chi connectivity index (χ1n) is 5.38. The molecule has 0 radical (unpaired) electrons. The van der Waals surface area contributed by atoms with Gasteiger partial charge in [0, 0.05) is 0 Å². The minimum absolute atomic E-state index is 0.128. The maximum atomic E-state index is 11.8. The predicted octanol–water partition coefficient (Wildman–Crippen LogP) is 1.52. The van der Waals surface area contributed by atoms with Crippen molar-refractivity contribution in [3.05, 3.63) is 35.9 Å². The number of urea groups is 1. The second kappa shape index (κ2) is 4.35. The maximum Gasteiger partial charge on any atom is 0.325 e. The van der Waals surface area contributed by atoms with Crippen LogP contribution in [0.15, 0.2) is 30.3 Å². The highest BCUT2D eigenvalue weighted by atomic mass is 16.2. The Labute approximate surface area is 94.2 Å². The Morgan fingerprint density at radius 1 is 1.25 bits per heavy atom. The van der Waals surface area contributed by atoms with Gasteiger partial charge in [-0.2, -0.15) is 0 Å². The summed E-state index contributed by atoms with van der Waals surface area (Å²) < 4.78 is 0. The van der Waals surface area contributed by atoms with Gasteiger partial charge in [-0.1, -0.05) is 37.3 Å². The van der Waals surface area contributed by atoms with Gasteiger partial charge in [0.25, 0.3) is 5.91 Å². The zero-order valence-corrected chi connectivity index (χ0v) is 9.14. The minimum Gasteiger partial charge on any atom is -0.326 e. The molecule has 1 aliphatic heterocycles. The summed E-state index contributed by atoms with van der Waals surface area (Å²) in [4.78, 5) is 24.6. The van der Waals surface area contributed by atoms with Gasteiger partial charge in [0.1, 0.15) is 6.04 Å². The van der Waals surface area contributed by atoms with E-state index in [9.17, 15) is 9.59 Å². The van der Waals surface area contributed by atoms with Gasteiger partial charge in [-0.25, -0.2) is 4.79 Å². The third kappa shape index (κ3) is 1.91. The van der Waals surface area contributed by atoms with E-state index in [2.05, 4.69) is 5.32 Å². The van der Waals surface area contributed by atoms with Gasteiger partial charge in [-0.05, 0) is 12.0 Å². The van der Waals surface area contributed by atoms with Crippen molar-refractivity contribution in [1.82, 2.24) is 10.2 Å². The summed E-state index contributed by atoms with van der Waals surface area (Å²) >= 11 is 0. The Bertz CT molecular complexity index is 403. The molecule has 3 amide bonds. The van der Waals surface area contributed by atoms with Gasteiger partial charge in [0.2, 0.25) is 0 Å². The second-order valence-electron chi connectivity index (χ2n) is 3.82. The van der Waals surface area contributed by atoms with Crippen LogP contribution in [0.5, 0.6) is 0 Å². The molecule has 84 valence electrons. The molecule has 1 heterocycles. The molecule has 1 fully saturated rings. The summed E-state index contributed by atoms with van der Waals surface area (Å²) in [5.74, 6) is -0.128. The highest BCUT2D eigenvalue weighted by Crippen LogP contribution is 2.13. The van der Waals surface area contributed by atoms with Crippen molar-refractivity contribution in [2.75, 3.05) is 0 Å². The molecule has 1 aromatic carbocycles. The standard InChI is InChI=1S/C12H14N2O2/c1-2-10-11(15)14(12(16)13-10)8-9-6-4-3-5-7-9/h3-7,10H,2,8H2,1H3,(H,13,16). The number of rotatable bonds is 3. The number of amides is 3. The summed E-state index contributed by atoms with van der Waals surface area (Å²) in [6.45, 7) is 2.23. The first-order chi connectivity index (χ1) is 7.72. The van der Waals surface area contributed by atoms with Crippen molar-refractivity contribution in [2.24, 2.45) is 0 Å². The van der Waals surface area contributed by atoms with Crippen LogP contribution in [-0.2, 0) is 11.3 Å². The van der Waals surface area contributed by atoms with Crippen molar-refractivity contribution in [3.8, 4) is 0 Å².